The first-order valence-corrected chi connectivity index (χ1v) is 8.68. The van der Waals surface area contributed by atoms with Gasteiger partial charge in [0.05, 0.1) is 5.39 Å². The Hall–Kier alpha value is -1.56. The highest BCUT2D eigenvalue weighted by atomic mass is 35.5. The molecule has 3 rings (SSSR count). The molecule has 0 aliphatic heterocycles. The third-order valence-corrected chi connectivity index (χ3v) is 4.40. The van der Waals surface area contributed by atoms with E-state index >= 15 is 0 Å². The minimum Gasteiger partial charge on any atom is -0.490 e. The number of hydrogen-bond donors (Lipinski definition) is 2. The molecule has 1 unspecified atom stereocenters. The van der Waals surface area contributed by atoms with Crippen molar-refractivity contribution in [2.24, 2.45) is 0 Å². The van der Waals surface area contributed by atoms with E-state index in [1.807, 2.05) is 26.0 Å². The summed E-state index contributed by atoms with van der Waals surface area (Å²) in [6, 6.07) is 5.81. The van der Waals surface area contributed by atoms with Crippen molar-refractivity contribution in [1.82, 2.24) is 5.32 Å². The average Bonchev–Trinajstić information content (AvgIpc) is 2.58. The fourth-order valence-electron chi connectivity index (χ4n) is 3.20. The summed E-state index contributed by atoms with van der Waals surface area (Å²) in [6.07, 6.45) is 3.14. The molecule has 0 spiro atoms. The van der Waals surface area contributed by atoms with E-state index in [4.69, 9.17) is 9.15 Å². The number of nitrogens with one attached hydrogen (secondary N) is 1. The van der Waals surface area contributed by atoms with Crippen LogP contribution in [0.5, 0.6) is 5.75 Å². The maximum Gasteiger partial charge on any atom is 0.339 e. The Morgan fingerprint density at radius 1 is 1.24 bits per heavy atom. The van der Waals surface area contributed by atoms with E-state index in [1.54, 1.807) is 6.07 Å². The van der Waals surface area contributed by atoms with Crippen LogP contribution in [0.1, 0.15) is 37.8 Å². The molecule has 6 heteroatoms. The van der Waals surface area contributed by atoms with Gasteiger partial charge in [0.1, 0.15) is 24.0 Å². The van der Waals surface area contributed by atoms with Crippen molar-refractivity contribution in [2.45, 2.75) is 51.7 Å². The Morgan fingerprint density at radius 2 is 1.96 bits per heavy atom. The SMILES string of the molecule is CC(C)NCC(O)COc1cccc2oc(=O)c3c(c12)CCCC3.Cl. The van der Waals surface area contributed by atoms with E-state index in [0.29, 0.717) is 23.9 Å². The average molecular weight is 368 g/mol. The molecule has 2 aromatic rings. The lowest BCUT2D eigenvalue weighted by atomic mass is 9.90. The van der Waals surface area contributed by atoms with Crippen LogP contribution in [0.25, 0.3) is 11.0 Å². The van der Waals surface area contributed by atoms with Gasteiger partial charge in [-0.3, -0.25) is 0 Å². The van der Waals surface area contributed by atoms with E-state index in [9.17, 15) is 9.90 Å². The van der Waals surface area contributed by atoms with Gasteiger partial charge in [-0.1, -0.05) is 19.9 Å². The summed E-state index contributed by atoms with van der Waals surface area (Å²) in [5, 5.41) is 14.1. The van der Waals surface area contributed by atoms with Crippen molar-refractivity contribution in [3.8, 4) is 5.75 Å². The van der Waals surface area contributed by atoms with E-state index in [1.165, 1.54) is 0 Å². The summed E-state index contributed by atoms with van der Waals surface area (Å²) >= 11 is 0. The van der Waals surface area contributed by atoms with Gasteiger partial charge in [-0.2, -0.15) is 0 Å². The summed E-state index contributed by atoms with van der Waals surface area (Å²) in [5.41, 5.74) is 2.17. The van der Waals surface area contributed by atoms with E-state index in [0.717, 1.165) is 42.2 Å². The lowest BCUT2D eigenvalue weighted by Crippen LogP contribution is -2.35. The summed E-state index contributed by atoms with van der Waals surface area (Å²) in [6.45, 7) is 4.75. The number of rotatable bonds is 6. The second-order valence-electron chi connectivity index (χ2n) is 6.71. The predicted octanol–water partition coefficient (Wildman–Crippen LogP) is 2.83. The van der Waals surface area contributed by atoms with E-state index in [2.05, 4.69) is 5.32 Å². The van der Waals surface area contributed by atoms with Gasteiger partial charge < -0.3 is 19.6 Å². The topological polar surface area (TPSA) is 71.7 Å². The molecule has 0 saturated heterocycles. The second-order valence-corrected chi connectivity index (χ2v) is 6.71. The number of aryl methyl sites for hydroxylation is 1. The third-order valence-electron chi connectivity index (χ3n) is 4.40. The van der Waals surface area contributed by atoms with E-state index in [-0.39, 0.29) is 24.6 Å². The molecule has 0 radical (unpaired) electrons. The van der Waals surface area contributed by atoms with Gasteiger partial charge in [0.2, 0.25) is 0 Å². The lowest BCUT2D eigenvalue weighted by molar-refractivity contribution is 0.105. The summed E-state index contributed by atoms with van der Waals surface area (Å²) in [5.74, 6) is 0.679. The van der Waals surface area contributed by atoms with Gasteiger partial charge in [0.25, 0.3) is 0 Å². The van der Waals surface area contributed by atoms with Gasteiger partial charge in [-0.15, -0.1) is 12.4 Å². The monoisotopic (exact) mass is 367 g/mol. The molecule has 1 aliphatic carbocycles. The fourth-order valence-corrected chi connectivity index (χ4v) is 3.20. The molecule has 138 valence electrons. The Bertz CT molecular complexity index is 772. The highest BCUT2D eigenvalue weighted by Gasteiger charge is 2.20. The van der Waals surface area contributed by atoms with Crippen LogP contribution in [0.15, 0.2) is 27.4 Å². The minimum absolute atomic E-state index is 0. The highest BCUT2D eigenvalue weighted by molar-refractivity contribution is 5.88. The van der Waals surface area contributed by atoms with Crippen LogP contribution in [0, 0.1) is 0 Å². The van der Waals surface area contributed by atoms with Crippen molar-refractivity contribution < 1.29 is 14.3 Å². The van der Waals surface area contributed by atoms with Gasteiger partial charge in [-0.25, -0.2) is 4.79 Å². The zero-order valence-electron chi connectivity index (χ0n) is 14.7. The Morgan fingerprint density at radius 3 is 2.68 bits per heavy atom. The zero-order chi connectivity index (χ0) is 17.1. The normalized spacial score (nSPS) is 14.9. The maximum atomic E-state index is 12.1. The first-order valence-electron chi connectivity index (χ1n) is 8.68. The molecular formula is C19H26ClNO4. The molecule has 1 aromatic heterocycles. The van der Waals surface area contributed by atoms with Crippen LogP contribution in [0.4, 0.5) is 0 Å². The molecule has 0 bridgehead atoms. The van der Waals surface area contributed by atoms with Gasteiger partial charge in [0, 0.05) is 18.2 Å². The molecular weight excluding hydrogens is 342 g/mol. The van der Waals surface area contributed by atoms with Gasteiger partial charge in [-0.05, 0) is 43.4 Å². The Labute approximate surface area is 153 Å². The molecule has 1 aromatic carbocycles. The van der Waals surface area contributed by atoms with Crippen LogP contribution in [0.2, 0.25) is 0 Å². The summed E-state index contributed by atoms with van der Waals surface area (Å²) in [7, 11) is 0. The molecule has 0 saturated carbocycles. The number of fused-ring (bicyclic) bond motifs is 3. The highest BCUT2D eigenvalue weighted by Crippen LogP contribution is 2.33. The number of halogens is 1. The molecule has 1 atom stereocenters. The van der Waals surface area contributed by atoms with Crippen molar-refractivity contribution in [2.75, 3.05) is 13.2 Å². The first kappa shape index (κ1) is 19.8. The van der Waals surface area contributed by atoms with Gasteiger partial charge >= 0.3 is 5.63 Å². The van der Waals surface area contributed by atoms with Crippen LogP contribution in [-0.4, -0.2) is 30.4 Å². The van der Waals surface area contributed by atoms with Crippen LogP contribution < -0.4 is 15.7 Å². The Kier molecular flexibility index (Phi) is 6.87. The largest absolute Gasteiger partial charge is 0.490 e. The second kappa shape index (κ2) is 8.70. The fraction of sp³-hybridized carbons (Fsp3) is 0.526. The molecule has 0 amide bonds. The van der Waals surface area contributed by atoms with Crippen molar-refractivity contribution in [3.05, 3.63) is 39.7 Å². The summed E-state index contributed by atoms with van der Waals surface area (Å²) in [4.78, 5) is 12.1. The minimum atomic E-state index is -0.589. The van der Waals surface area contributed by atoms with Crippen LogP contribution in [-0.2, 0) is 12.8 Å². The van der Waals surface area contributed by atoms with Crippen LogP contribution in [0.3, 0.4) is 0 Å². The van der Waals surface area contributed by atoms with Crippen molar-refractivity contribution in [1.29, 1.82) is 0 Å². The predicted molar refractivity (Wildman–Crippen MR) is 101 cm³/mol. The molecule has 2 N–H and O–H groups in total. The zero-order valence-corrected chi connectivity index (χ0v) is 15.5. The number of ether oxygens (including phenoxy) is 1. The smallest absolute Gasteiger partial charge is 0.339 e. The quantitative estimate of drug-likeness (QED) is 0.768. The van der Waals surface area contributed by atoms with E-state index < -0.39 is 6.10 Å². The number of hydrogen-bond acceptors (Lipinski definition) is 5. The van der Waals surface area contributed by atoms with Crippen molar-refractivity contribution >= 4 is 23.4 Å². The molecule has 1 aliphatic rings. The lowest BCUT2D eigenvalue weighted by Gasteiger charge is -2.19. The molecule has 25 heavy (non-hydrogen) atoms. The molecule has 0 fully saturated rings. The Balaban J connectivity index is 0.00000225. The molecule has 5 nitrogen and oxygen atoms in total. The summed E-state index contributed by atoms with van der Waals surface area (Å²) < 4.78 is 11.3. The first-order chi connectivity index (χ1) is 11.6. The van der Waals surface area contributed by atoms with Crippen molar-refractivity contribution in [3.63, 3.8) is 0 Å². The number of benzene rings is 1. The standard InChI is InChI=1S/C19H25NO4.ClH/c1-12(2)20-10-13(21)11-23-16-8-5-9-17-18(16)14-6-3-4-7-15(14)19(22)24-17;/h5,8-9,12-13,20-21H,3-4,6-7,10-11H2,1-2H3;1H. The van der Waals surface area contributed by atoms with Crippen LogP contribution >= 0.6 is 12.4 Å². The number of aliphatic hydroxyl groups excluding tert-OH is 1. The number of aliphatic hydroxyl groups is 1. The third kappa shape index (κ3) is 4.54. The molecule has 1 heterocycles. The maximum absolute atomic E-state index is 12.1. The van der Waals surface area contributed by atoms with Gasteiger partial charge in [0.15, 0.2) is 0 Å².